The van der Waals surface area contributed by atoms with Crippen molar-refractivity contribution < 1.29 is 4.79 Å². The van der Waals surface area contributed by atoms with Gasteiger partial charge in [-0.15, -0.1) is 11.6 Å². The van der Waals surface area contributed by atoms with Crippen molar-refractivity contribution in [3.05, 3.63) is 35.9 Å². The molecule has 2 unspecified atom stereocenters. The highest BCUT2D eigenvalue weighted by atomic mass is 35.5. The van der Waals surface area contributed by atoms with Crippen molar-refractivity contribution in [1.29, 1.82) is 0 Å². The summed E-state index contributed by atoms with van der Waals surface area (Å²) < 4.78 is 0. The Balaban J connectivity index is 2.31. The van der Waals surface area contributed by atoms with Crippen LogP contribution >= 0.6 is 11.6 Å². The topological polar surface area (TPSA) is 29.1 Å². The molecular formula is C13H18ClNO. The minimum atomic E-state index is -0.452. The van der Waals surface area contributed by atoms with E-state index in [1.807, 2.05) is 18.2 Å². The molecule has 0 aliphatic heterocycles. The van der Waals surface area contributed by atoms with Crippen LogP contribution in [-0.2, 0) is 4.79 Å². The average molecular weight is 240 g/mol. The fraction of sp³-hybridized carbons (Fsp3) is 0.462. The Labute approximate surface area is 102 Å². The molecule has 0 aliphatic rings. The van der Waals surface area contributed by atoms with Gasteiger partial charge in [-0.2, -0.15) is 0 Å². The highest BCUT2D eigenvalue weighted by Gasteiger charge is 2.09. The van der Waals surface area contributed by atoms with Gasteiger partial charge >= 0.3 is 0 Å². The molecule has 0 radical (unpaired) electrons. The normalized spacial score (nSPS) is 14.2. The Morgan fingerprint density at radius 1 is 1.31 bits per heavy atom. The molecule has 88 valence electrons. The van der Waals surface area contributed by atoms with Crippen molar-refractivity contribution >= 4 is 17.5 Å². The lowest BCUT2D eigenvalue weighted by molar-refractivity contribution is -0.120. The van der Waals surface area contributed by atoms with E-state index < -0.39 is 5.38 Å². The third-order valence-electron chi connectivity index (χ3n) is 2.61. The maximum Gasteiger partial charge on any atom is 0.237 e. The molecule has 1 aromatic rings. The number of alkyl halides is 1. The summed E-state index contributed by atoms with van der Waals surface area (Å²) >= 11 is 5.65. The summed E-state index contributed by atoms with van der Waals surface area (Å²) in [5.74, 6) is 0.356. The van der Waals surface area contributed by atoms with Crippen LogP contribution in [0, 0.1) is 0 Å². The number of amides is 1. The standard InChI is InChI=1S/C13H18ClNO/c1-10(12-6-4-3-5-7-12)8-9-15-13(16)11(2)14/h3-7,10-11H,8-9H2,1-2H3,(H,15,16). The number of hydrogen-bond donors (Lipinski definition) is 1. The Morgan fingerprint density at radius 3 is 2.50 bits per heavy atom. The first kappa shape index (κ1) is 13.0. The molecule has 0 aromatic heterocycles. The molecule has 2 nitrogen and oxygen atoms in total. The third kappa shape index (κ3) is 4.23. The molecule has 1 aromatic carbocycles. The number of carbonyl (C=O) groups is 1. The monoisotopic (exact) mass is 239 g/mol. The van der Waals surface area contributed by atoms with Crippen LogP contribution in [0.5, 0.6) is 0 Å². The zero-order chi connectivity index (χ0) is 12.0. The Kier molecular flexibility index (Phi) is 5.33. The lowest BCUT2D eigenvalue weighted by Crippen LogP contribution is -2.30. The van der Waals surface area contributed by atoms with Gasteiger partial charge in [0.25, 0.3) is 0 Å². The zero-order valence-electron chi connectivity index (χ0n) is 9.74. The van der Waals surface area contributed by atoms with E-state index in [4.69, 9.17) is 11.6 Å². The second-order valence-corrected chi connectivity index (χ2v) is 4.66. The van der Waals surface area contributed by atoms with E-state index in [0.29, 0.717) is 12.5 Å². The molecule has 3 heteroatoms. The second kappa shape index (κ2) is 6.54. The van der Waals surface area contributed by atoms with Crippen molar-refractivity contribution in [2.45, 2.75) is 31.6 Å². The molecule has 0 heterocycles. The average Bonchev–Trinajstić information content (AvgIpc) is 2.29. The van der Waals surface area contributed by atoms with Crippen LogP contribution in [0.15, 0.2) is 30.3 Å². The van der Waals surface area contributed by atoms with Crippen molar-refractivity contribution in [3.63, 3.8) is 0 Å². The van der Waals surface area contributed by atoms with Crippen LogP contribution in [0.25, 0.3) is 0 Å². The van der Waals surface area contributed by atoms with Gasteiger partial charge in [-0.1, -0.05) is 37.3 Å². The van der Waals surface area contributed by atoms with Gasteiger partial charge in [0.05, 0.1) is 0 Å². The summed E-state index contributed by atoms with van der Waals surface area (Å²) in [5.41, 5.74) is 1.30. The fourth-order valence-electron chi connectivity index (χ4n) is 1.50. The molecule has 2 atom stereocenters. The van der Waals surface area contributed by atoms with E-state index in [-0.39, 0.29) is 5.91 Å². The predicted molar refractivity (Wildman–Crippen MR) is 67.8 cm³/mol. The van der Waals surface area contributed by atoms with Crippen molar-refractivity contribution in [2.24, 2.45) is 0 Å². The molecule has 1 rings (SSSR count). The SMILES string of the molecule is CC(Cl)C(=O)NCCC(C)c1ccccc1. The van der Waals surface area contributed by atoms with Gasteiger partial charge in [0.2, 0.25) is 5.91 Å². The van der Waals surface area contributed by atoms with Crippen molar-refractivity contribution in [2.75, 3.05) is 6.54 Å². The van der Waals surface area contributed by atoms with E-state index in [9.17, 15) is 4.79 Å². The number of benzene rings is 1. The summed E-state index contributed by atoms with van der Waals surface area (Å²) in [6, 6.07) is 10.3. The van der Waals surface area contributed by atoms with Crippen molar-refractivity contribution in [3.8, 4) is 0 Å². The number of carbonyl (C=O) groups excluding carboxylic acids is 1. The third-order valence-corrected chi connectivity index (χ3v) is 2.80. The van der Waals surface area contributed by atoms with Gasteiger partial charge < -0.3 is 5.32 Å². The zero-order valence-corrected chi connectivity index (χ0v) is 10.5. The number of halogens is 1. The number of rotatable bonds is 5. The van der Waals surface area contributed by atoms with Crippen LogP contribution in [0.1, 0.15) is 31.7 Å². The molecule has 0 spiro atoms. The molecule has 0 bridgehead atoms. The maximum absolute atomic E-state index is 11.2. The van der Waals surface area contributed by atoms with E-state index in [1.165, 1.54) is 5.56 Å². The van der Waals surface area contributed by atoms with E-state index in [2.05, 4.69) is 24.4 Å². The van der Waals surface area contributed by atoms with Gasteiger partial charge in [-0.3, -0.25) is 4.79 Å². The molecule has 16 heavy (non-hydrogen) atoms. The lowest BCUT2D eigenvalue weighted by atomic mass is 9.98. The van der Waals surface area contributed by atoms with E-state index in [0.717, 1.165) is 6.42 Å². The minimum Gasteiger partial charge on any atom is -0.355 e. The first-order chi connectivity index (χ1) is 7.61. The highest BCUT2D eigenvalue weighted by molar-refractivity contribution is 6.30. The van der Waals surface area contributed by atoms with Crippen LogP contribution < -0.4 is 5.32 Å². The van der Waals surface area contributed by atoms with E-state index in [1.54, 1.807) is 6.92 Å². The Bertz CT molecular complexity index is 324. The van der Waals surface area contributed by atoms with Crippen LogP contribution in [0.4, 0.5) is 0 Å². The Hall–Kier alpha value is -1.02. The summed E-state index contributed by atoms with van der Waals surface area (Å²) in [4.78, 5) is 11.2. The molecule has 0 saturated carbocycles. The fourth-order valence-corrected chi connectivity index (χ4v) is 1.58. The van der Waals surface area contributed by atoms with Crippen LogP contribution in [0.2, 0.25) is 0 Å². The van der Waals surface area contributed by atoms with Gasteiger partial charge in [-0.25, -0.2) is 0 Å². The summed E-state index contributed by atoms with van der Waals surface area (Å²) in [5, 5.41) is 2.36. The smallest absolute Gasteiger partial charge is 0.237 e. The summed E-state index contributed by atoms with van der Waals surface area (Å²) in [6.07, 6.45) is 0.930. The predicted octanol–water partition coefficient (Wildman–Crippen LogP) is 2.92. The molecule has 1 amide bonds. The van der Waals surface area contributed by atoms with E-state index >= 15 is 0 Å². The minimum absolute atomic E-state index is 0.0954. The number of nitrogens with one attached hydrogen (secondary N) is 1. The molecule has 0 saturated heterocycles. The lowest BCUT2D eigenvalue weighted by Gasteiger charge is -2.12. The van der Waals surface area contributed by atoms with Crippen LogP contribution in [-0.4, -0.2) is 17.8 Å². The van der Waals surface area contributed by atoms with Gasteiger partial charge in [0.15, 0.2) is 0 Å². The summed E-state index contributed by atoms with van der Waals surface area (Å²) in [6.45, 7) is 4.51. The second-order valence-electron chi connectivity index (χ2n) is 4.01. The Morgan fingerprint density at radius 2 is 1.94 bits per heavy atom. The van der Waals surface area contributed by atoms with Gasteiger partial charge in [-0.05, 0) is 24.8 Å². The first-order valence-corrected chi connectivity index (χ1v) is 6.01. The maximum atomic E-state index is 11.2. The molecule has 0 fully saturated rings. The molecule has 0 aliphatic carbocycles. The quantitative estimate of drug-likeness (QED) is 0.787. The van der Waals surface area contributed by atoms with Gasteiger partial charge in [0, 0.05) is 6.54 Å². The number of hydrogen-bond acceptors (Lipinski definition) is 1. The van der Waals surface area contributed by atoms with Crippen LogP contribution in [0.3, 0.4) is 0 Å². The summed E-state index contributed by atoms with van der Waals surface area (Å²) in [7, 11) is 0. The highest BCUT2D eigenvalue weighted by Crippen LogP contribution is 2.17. The largest absolute Gasteiger partial charge is 0.355 e. The molecular weight excluding hydrogens is 222 g/mol. The first-order valence-electron chi connectivity index (χ1n) is 5.58. The van der Waals surface area contributed by atoms with Gasteiger partial charge in [0.1, 0.15) is 5.38 Å². The van der Waals surface area contributed by atoms with Crippen molar-refractivity contribution in [1.82, 2.24) is 5.32 Å². The molecule has 1 N–H and O–H groups in total.